The monoisotopic (exact) mass is 485 g/mol. The number of nitrogen functional groups attached to an aromatic ring is 1. The van der Waals surface area contributed by atoms with E-state index in [1.54, 1.807) is 42.3 Å². The molecule has 0 saturated heterocycles. The number of hydrogen-bond acceptors (Lipinski definition) is 4. The van der Waals surface area contributed by atoms with Crippen molar-refractivity contribution < 1.29 is 4.79 Å². The third kappa shape index (κ3) is 4.26. The number of carbonyl (C=O) groups is 1. The summed E-state index contributed by atoms with van der Waals surface area (Å²) in [7, 11) is 3.61. The number of rotatable bonds is 2. The summed E-state index contributed by atoms with van der Waals surface area (Å²) in [6.07, 6.45) is 7.94. The van der Waals surface area contributed by atoms with Crippen molar-refractivity contribution in [3.8, 4) is 5.69 Å². The zero-order valence-electron chi connectivity index (χ0n) is 17.8. The van der Waals surface area contributed by atoms with Gasteiger partial charge in [-0.3, -0.25) is 4.79 Å². The lowest BCUT2D eigenvalue weighted by molar-refractivity contribution is 0.214. The molecule has 7 nitrogen and oxygen atoms in total. The van der Waals surface area contributed by atoms with Gasteiger partial charge in [0.2, 0.25) is 0 Å². The van der Waals surface area contributed by atoms with Crippen molar-refractivity contribution in [1.29, 1.82) is 0 Å². The lowest BCUT2D eigenvalue weighted by atomic mass is 9.92. The number of urea groups is 1. The van der Waals surface area contributed by atoms with Crippen molar-refractivity contribution in [2.24, 2.45) is 11.8 Å². The second-order valence-electron chi connectivity index (χ2n) is 8.59. The molecule has 1 aromatic heterocycles. The fraction of sp³-hybridized carbons (Fsp3) is 0.435. The number of hydrogen-bond donors (Lipinski definition) is 2. The number of nitrogens with zero attached hydrogens (tertiary/aromatic N) is 3. The van der Waals surface area contributed by atoms with Gasteiger partial charge in [0.05, 0.1) is 23.6 Å². The summed E-state index contributed by atoms with van der Waals surface area (Å²) in [5.74, 6) is 1.68. The van der Waals surface area contributed by atoms with Crippen molar-refractivity contribution in [2.45, 2.75) is 38.1 Å². The molecular weight excluding hydrogens is 458 g/mol. The summed E-state index contributed by atoms with van der Waals surface area (Å²) in [5, 5.41) is 7.12. The zero-order valence-corrected chi connectivity index (χ0v) is 19.4. The topological polar surface area (TPSA) is 93.2 Å². The van der Waals surface area contributed by atoms with E-state index in [1.165, 1.54) is 36.6 Å². The summed E-state index contributed by atoms with van der Waals surface area (Å²) >= 11 is 3.13. The molecule has 2 amide bonds. The predicted octanol–water partition coefficient (Wildman–Crippen LogP) is 3.72. The van der Waals surface area contributed by atoms with Crippen molar-refractivity contribution >= 4 is 27.6 Å². The molecule has 3 atom stereocenters. The van der Waals surface area contributed by atoms with E-state index in [0.29, 0.717) is 21.9 Å². The molecule has 1 aromatic carbocycles. The van der Waals surface area contributed by atoms with Crippen molar-refractivity contribution in [3.63, 3.8) is 0 Å². The minimum Gasteiger partial charge on any atom is -0.396 e. The van der Waals surface area contributed by atoms with Gasteiger partial charge in [-0.25, -0.2) is 4.79 Å². The molecule has 1 saturated carbocycles. The number of halogens is 1. The van der Waals surface area contributed by atoms with E-state index >= 15 is 0 Å². The molecule has 0 spiro atoms. The van der Waals surface area contributed by atoms with Crippen LogP contribution in [0.1, 0.15) is 32.1 Å². The van der Waals surface area contributed by atoms with Gasteiger partial charge in [0, 0.05) is 14.1 Å². The van der Waals surface area contributed by atoms with Crippen LogP contribution in [0.3, 0.4) is 0 Å². The van der Waals surface area contributed by atoms with Crippen LogP contribution >= 0.6 is 15.9 Å². The first-order valence-corrected chi connectivity index (χ1v) is 11.5. The highest BCUT2D eigenvalue weighted by atomic mass is 79.9. The van der Waals surface area contributed by atoms with Crippen LogP contribution in [-0.4, -0.2) is 40.8 Å². The molecule has 3 aliphatic carbocycles. The fourth-order valence-corrected chi connectivity index (χ4v) is 5.29. The second kappa shape index (κ2) is 8.86. The molecule has 5 rings (SSSR count). The molecular formula is C23H28BrN5O2. The van der Waals surface area contributed by atoms with Gasteiger partial charge in [0.15, 0.2) is 0 Å². The number of nitrogens with one attached hydrogen (secondary N) is 1. The molecule has 0 radical (unpaired) electrons. The average Bonchev–Trinajstić information content (AvgIpc) is 3.48. The van der Waals surface area contributed by atoms with Gasteiger partial charge in [-0.15, -0.1) is 0 Å². The highest BCUT2D eigenvalue weighted by molar-refractivity contribution is 9.10. The minimum atomic E-state index is -0.263. The van der Waals surface area contributed by atoms with E-state index in [-0.39, 0.29) is 11.6 Å². The maximum Gasteiger partial charge on any atom is 0.317 e. The van der Waals surface area contributed by atoms with Gasteiger partial charge in [-0.1, -0.05) is 23.8 Å². The summed E-state index contributed by atoms with van der Waals surface area (Å²) in [6.45, 7) is 0. The van der Waals surface area contributed by atoms with Crippen LogP contribution in [0.25, 0.3) is 5.69 Å². The van der Waals surface area contributed by atoms with E-state index < -0.39 is 0 Å². The number of nitrogens with two attached hydrogens (primary N) is 1. The molecule has 1 heterocycles. The van der Waals surface area contributed by atoms with Gasteiger partial charge >= 0.3 is 6.03 Å². The fourth-order valence-electron chi connectivity index (χ4n) is 5.02. The second-order valence-corrected chi connectivity index (χ2v) is 9.38. The Morgan fingerprint density at radius 2 is 1.90 bits per heavy atom. The standard InChI is InChI=1S/C13H20N2O.C10H8BrN3O/c1-15(2)13(16)14-11-6-5-10-8-3-4-9(7-8)12(10)11;11-9-8(12)6-13-14(10(9)15)7-4-2-1-3-5-7/h8-9,11H,3-7H2,1-2H3,(H,14,16);1-6H,12H2. The van der Waals surface area contributed by atoms with E-state index in [9.17, 15) is 9.59 Å². The van der Waals surface area contributed by atoms with Crippen LogP contribution in [0.2, 0.25) is 0 Å². The number of allylic oxidation sites excluding steroid dienone is 1. The normalized spacial score (nSPS) is 23.3. The largest absolute Gasteiger partial charge is 0.396 e. The molecule has 3 aliphatic rings. The SMILES string of the molecule is CN(C)C(=O)NC1CCC2=C1C1CCC2C1.Nc1cnn(-c2ccccc2)c(=O)c1Br. The average molecular weight is 486 g/mol. The van der Waals surface area contributed by atoms with Crippen molar-refractivity contribution in [1.82, 2.24) is 20.0 Å². The van der Waals surface area contributed by atoms with Crippen LogP contribution in [-0.2, 0) is 0 Å². The van der Waals surface area contributed by atoms with Gasteiger partial charge in [-0.2, -0.15) is 9.78 Å². The van der Waals surface area contributed by atoms with Crippen molar-refractivity contribution in [3.05, 3.63) is 62.5 Å². The first kappa shape index (κ1) is 21.6. The maximum atomic E-state index is 11.8. The Morgan fingerprint density at radius 3 is 2.61 bits per heavy atom. The number of carbonyl (C=O) groups excluding carboxylic acids is 1. The molecule has 3 N–H and O–H groups in total. The number of para-hydroxylation sites is 1. The van der Waals surface area contributed by atoms with E-state index in [4.69, 9.17) is 5.73 Å². The minimum absolute atomic E-state index is 0.0570. The van der Waals surface area contributed by atoms with Crippen LogP contribution in [0, 0.1) is 11.8 Å². The van der Waals surface area contributed by atoms with Gasteiger partial charge in [0.25, 0.3) is 5.56 Å². The van der Waals surface area contributed by atoms with Gasteiger partial charge in [-0.05, 0) is 77.6 Å². The number of amides is 2. The number of fused-ring (bicyclic) bond motifs is 4. The van der Waals surface area contributed by atoms with Crippen LogP contribution in [0.4, 0.5) is 10.5 Å². The molecule has 8 heteroatoms. The highest BCUT2D eigenvalue weighted by Gasteiger charge is 2.44. The molecule has 0 aliphatic heterocycles. The summed E-state index contributed by atoms with van der Waals surface area (Å²) < 4.78 is 1.63. The van der Waals surface area contributed by atoms with E-state index in [1.807, 2.05) is 18.2 Å². The first-order valence-electron chi connectivity index (χ1n) is 10.7. The van der Waals surface area contributed by atoms with Crippen molar-refractivity contribution in [2.75, 3.05) is 19.8 Å². The van der Waals surface area contributed by atoms with Crippen LogP contribution < -0.4 is 16.6 Å². The van der Waals surface area contributed by atoms with Crippen LogP contribution in [0.15, 0.2) is 56.9 Å². The Bertz CT molecular complexity index is 1060. The zero-order chi connectivity index (χ0) is 22.1. The lowest BCUT2D eigenvalue weighted by Gasteiger charge is -2.23. The third-order valence-corrected chi connectivity index (χ3v) is 7.26. The van der Waals surface area contributed by atoms with Gasteiger partial charge < -0.3 is 16.0 Å². The Hall–Kier alpha value is -2.61. The molecule has 1 fully saturated rings. The van der Waals surface area contributed by atoms with Gasteiger partial charge in [0.1, 0.15) is 4.47 Å². The maximum absolute atomic E-state index is 11.8. The molecule has 3 unspecified atom stereocenters. The Kier molecular flexibility index (Phi) is 6.18. The molecule has 2 aromatic rings. The smallest absolute Gasteiger partial charge is 0.317 e. The van der Waals surface area contributed by atoms with E-state index in [2.05, 4.69) is 26.3 Å². The molecule has 31 heavy (non-hydrogen) atoms. The number of anilines is 1. The number of aromatic nitrogens is 2. The summed E-state index contributed by atoms with van der Waals surface area (Å²) in [5.41, 5.74) is 9.66. The Labute approximate surface area is 190 Å². The Balaban J connectivity index is 0.000000150. The Morgan fingerprint density at radius 1 is 1.19 bits per heavy atom. The van der Waals surface area contributed by atoms with Crippen LogP contribution in [0.5, 0.6) is 0 Å². The molecule has 164 valence electrons. The quantitative estimate of drug-likeness (QED) is 0.633. The lowest BCUT2D eigenvalue weighted by Crippen LogP contribution is -2.42. The first-order chi connectivity index (χ1) is 14.9. The summed E-state index contributed by atoms with van der Waals surface area (Å²) in [6, 6.07) is 9.57. The number of benzene rings is 1. The predicted molar refractivity (Wildman–Crippen MR) is 125 cm³/mol. The molecule has 2 bridgehead atoms. The van der Waals surface area contributed by atoms with E-state index in [0.717, 1.165) is 18.3 Å². The highest BCUT2D eigenvalue weighted by Crippen LogP contribution is 2.54. The summed E-state index contributed by atoms with van der Waals surface area (Å²) in [4.78, 5) is 25.1. The third-order valence-electron chi connectivity index (χ3n) is 6.46.